The molecule has 0 bridgehead atoms. The van der Waals surface area contributed by atoms with E-state index in [4.69, 9.17) is 5.11 Å². The maximum absolute atomic E-state index is 12.1. The maximum atomic E-state index is 12.1. The smallest absolute Gasteiger partial charge is 0.317 e. The van der Waals surface area contributed by atoms with Crippen molar-refractivity contribution >= 4 is 12.0 Å². The first-order valence-electron chi connectivity index (χ1n) is 7.30. The summed E-state index contributed by atoms with van der Waals surface area (Å²) in [5.74, 6) is -1.07. The van der Waals surface area contributed by atoms with Crippen molar-refractivity contribution in [2.45, 2.75) is 45.7 Å². The molecule has 0 spiro atoms. The van der Waals surface area contributed by atoms with Crippen molar-refractivity contribution in [1.29, 1.82) is 0 Å². The Morgan fingerprint density at radius 1 is 1.45 bits per heavy atom. The SMILES string of the molecule is CC(C)N(C)CCNC(=O)N1CCC(C(=O)O)CC1C. The van der Waals surface area contributed by atoms with E-state index in [0.717, 1.165) is 6.54 Å². The van der Waals surface area contributed by atoms with E-state index < -0.39 is 5.97 Å². The van der Waals surface area contributed by atoms with Gasteiger partial charge in [-0.05, 0) is 40.7 Å². The van der Waals surface area contributed by atoms with Crippen molar-refractivity contribution in [3.8, 4) is 0 Å². The van der Waals surface area contributed by atoms with E-state index in [1.807, 2.05) is 14.0 Å². The summed E-state index contributed by atoms with van der Waals surface area (Å²) < 4.78 is 0. The predicted octanol–water partition coefficient (Wildman–Crippen LogP) is 1.22. The quantitative estimate of drug-likeness (QED) is 0.796. The van der Waals surface area contributed by atoms with Crippen molar-refractivity contribution in [3.05, 3.63) is 0 Å². The van der Waals surface area contributed by atoms with Gasteiger partial charge in [-0.25, -0.2) is 4.79 Å². The molecule has 1 aliphatic heterocycles. The first-order valence-corrected chi connectivity index (χ1v) is 7.30. The largest absolute Gasteiger partial charge is 0.481 e. The minimum Gasteiger partial charge on any atom is -0.481 e. The van der Waals surface area contributed by atoms with Crippen LogP contribution < -0.4 is 5.32 Å². The van der Waals surface area contributed by atoms with Crippen LogP contribution in [0.5, 0.6) is 0 Å². The molecule has 116 valence electrons. The lowest BCUT2D eigenvalue weighted by Crippen LogP contribution is -2.51. The summed E-state index contributed by atoms with van der Waals surface area (Å²) in [4.78, 5) is 27.0. The van der Waals surface area contributed by atoms with Gasteiger partial charge in [0.15, 0.2) is 0 Å². The number of hydrogen-bond acceptors (Lipinski definition) is 3. The Morgan fingerprint density at radius 2 is 2.10 bits per heavy atom. The highest BCUT2D eigenvalue weighted by Gasteiger charge is 2.31. The number of likely N-dealkylation sites (tertiary alicyclic amines) is 1. The molecule has 1 fully saturated rings. The lowest BCUT2D eigenvalue weighted by molar-refractivity contribution is -0.143. The first-order chi connectivity index (χ1) is 9.32. The van der Waals surface area contributed by atoms with Gasteiger partial charge in [-0.1, -0.05) is 0 Å². The van der Waals surface area contributed by atoms with Crippen LogP contribution in [0.2, 0.25) is 0 Å². The highest BCUT2D eigenvalue weighted by Crippen LogP contribution is 2.22. The van der Waals surface area contributed by atoms with Crippen molar-refractivity contribution in [1.82, 2.24) is 15.1 Å². The van der Waals surface area contributed by atoms with Crippen LogP contribution in [0.1, 0.15) is 33.6 Å². The molecule has 0 aliphatic carbocycles. The monoisotopic (exact) mass is 285 g/mol. The van der Waals surface area contributed by atoms with E-state index in [1.165, 1.54) is 0 Å². The minimum absolute atomic E-state index is 0.0207. The Morgan fingerprint density at radius 3 is 2.60 bits per heavy atom. The zero-order valence-corrected chi connectivity index (χ0v) is 12.9. The lowest BCUT2D eigenvalue weighted by atomic mass is 9.92. The third-order valence-corrected chi connectivity index (χ3v) is 4.11. The van der Waals surface area contributed by atoms with E-state index in [9.17, 15) is 9.59 Å². The van der Waals surface area contributed by atoms with Crippen LogP contribution >= 0.6 is 0 Å². The van der Waals surface area contributed by atoms with E-state index >= 15 is 0 Å². The molecular weight excluding hydrogens is 258 g/mol. The number of carboxylic acid groups (broad SMARTS) is 1. The van der Waals surface area contributed by atoms with Gasteiger partial charge in [-0.15, -0.1) is 0 Å². The van der Waals surface area contributed by atoms with Crippen LogP contribution in [0.15, 0.2) is 0 Å². The third-order valence-electron chi connectivity index (χ3n) is 4.11. The van der Waals surface area contributed by atoms with Crippen molar-refractivity contribution in [3.63, 3.8) is 0 Å². The van der Waals surface area contributed by atoms with Gasteiger partial charge in [-0.2, -0.15) is 0 Å². The lowest BCUT2D eigenvalue weighted by Gasteiger charge is -2.36. The average molecular weight is 285 g/mol. The minimum atomic E-state index is -0.754. The molecule has 1 saturated heterocycles. The van der Waals surface area contributed by atoms with Crippen molar-refractivity contribution in [2.24, 2.45) is 5.92 Å². The van der Waals surface area contributed by atoms with Crippen molar-refractivity contribution < 1.29 is 14.7 Å². The van der Waals surface area contributed by atoms with E-state index in [-0.39, 0.29) is 18.0 Å². The molecular formula is C14H27N3O3. The van der Waals surface area contributed by atoms with E-state index in [0.29, 0.717) is 32.0 Å². The number of aliphatic carboxylic acids is 1. The van der Waals surface area contributed by atoms with Gasteiger partial charge >= 0.3 is 12.0 Å². The Labute approximate surface area is 121 Å². The summed E-state index contributed by atoms with van der Waals surface area (Å²) in [7, 11) is 2.03. The van der Waals surface area contributed by atoms with Crippen LogP contribution in [0.25, 0.3) is 0 Å². The Kier molecular flexibility index (Phi) is 6.26. The summed E-state index contributed by atoms with van der Waals surface area (Å²) in [6, 6.07) is 0.350. The second-order valence-electron chi connectivity index (χ2n) is 5.91. The molecule has 0 aromatic carbocycles. The number of hydrogen-bond donors (Lipinski definition) is 2. The normalized spacial score (nSPS) is 23.2. The Bertz CT molecular complexity index is 347. The van der Waals surface area contributed by atoms with Gasteiger partial charge in [0.1, 0.15) is 0 Å². The number of nitrogens with zero attached hydrogens (tertiary/aromatic N) is 2. The van der Waals surface area contributed by atoms with Crippen LogP contribution in [-0.2, 0) is 4.79 Å². The van der Waals surface area contributed by atoms with Gasteiger partial charge in [0.2, 0.25) is 0 Å². The molecule has 0 radical (unpaired) electrons. The number of urea groups is 1. The average Bonchev–Trinajstić information content (AvgIpc) is 2.37. The summed E-state index contributed by atoms with van der Waals surface area (Å²) in [6.07, 6.45) is 1.08. The van der Waals surface area contributed by atoms with Crippen LogP contribution in [-0.4, -0.2) is 65.7 Å². The molecule has 2 unspecified atom stereocenters. The van der Waals surface area contributed by atoms with E-state index in [1.54, 1.807) is 4.90 Å². The molecule has 1 rings (SSSR count). The summed E-state index contributed by atoms with van der Waals surface area (Å²) >= 11 is 0. The third kappa shape index (κ3) is 4.67. The zero-order chi connectivity index (χ0) is 15.3. The zero-order valence-electron chi connectivity index (χ0n) is 12.9. The Balaban J connectivity index is 2.35. The maximum Gasteiger partial charge on any atom is 0.317 e. The molecule has 1 heterocycles. The van der Waals surface area contributed by atoms with Crippen LogP contribution in [0.3, 0.4) is 0 Å². The number of carbonyl (C=O) groups is 2. The van der Waals surface area contributed by atoms with Crippen LogP contribution in [0.4, 0.5) is 4.79 Å². The second kappa shape index (κ2) is 7.47. The van der Waals surface area contributed by atoms with Gasteiger partial charge in [0, 0.05) is 31.7 Å². The molecule has 2 N–H and O–H groups in total. The number of rotatable bonds is 5. The predicted molar refractivity (Wildman–Crippen MR) is 77.7 cm³/mol. The van der Waals surface area contributed by atoms with Gasteiger partial charge < -0.3 is 20.2 Å². The topological polar surface area (TPSA) is 72.9 Å². The molecule has 6 heteroatoms. The Hall–Kier alpha value is -1.30. The van der Waals surface area contributed by atoms with E-state index in [2.05, 4.69) is 24.1 Å². The van der Waals surface area contributed by atoms with Crippen LogP contribution in [0, 0.1) is 5.92 Å². The molecule has 2 atom stereocenters. The summed E-state index contributed by atoms with van der Waals surface area (Å²) in [6.45, 7) is 8.07. The molecule has 6 nitrogen and oxygen atoms in total. The number of likely N-dealkylation sites (N-methyl/N-ethyl adjacent to an activating group) is 1. The molecule has 2 amide bonds. The number of piperidine rings is 1. The fraction of sp³-hybridized carbons (Fsp3) is 0.857. The second-order valence-corrected chi connectivity index (χ2v) is 5.91. The number of carboxylic acids is 1. The van der Waals surface area contributed by atoms with Crippen molar-refractivity contribution in [2.75, 3.05) is 26.7 Å². The standard InChI is InChI=1S/C14H27N3O3/c1-10(2)16(4)8-6-15-14(20)17-7-5-12(13(18)19)9-11(17)3/h10-12H,5-9H2,1-4H3,(H,15,20)(H,18,19). The number of nitrogens with one attached hydrogen (secondary N) is 1. The highest BCUT2D eigenvalue weighted by atomic mass is 16.4. The summed E-state index contributed by atoms with van der Waals surface area (Å²) in [5, 5.41) is 11.9. The summed E-state index contributed by atoms with van der Waals surface area (Å²) in [5.41, 5.74) is 0. The van der Waals surface area contributed by atoms with Gasteiger partial charge in [0.25, 0.3) is 0 Å². The number of carbonyl (C=O) groups excluding carboxylic acids is 1. The van der Waals surface area contributed by atoms with Gasteiger partial charge in [-0.3, -0.25) is 4.79 Å². The molecule has 0 saturated carbocycles. The fourth-order valence-corrected chi connectivity index (χ4v) is 2.40. The molecule has 0 aromatic rings. The molecule has 0 aromatic heterocycles. The fourth-order valence-electron chi connectivity index (χ4n) is 2.40. The highest BCUT2D eigenvalue weighted by molar-refractivity contribution is 5.75. The first kappa shape index (κ1) is 16.8. The molecule has 20 heavy (non-hydrogen) atoms. The molecule has 1 aliphatic rings. The van der Waals surface area contributed by atoms with Gasteiger partial charge in [0.05, 0.1) is 5.92 Å². The number of amides is 2.